The predicted octanol–water partition coefficient (Wildman–Crippen LogP) is 3.72. The minimum atomic E-state index is -4.29. The Labute approximate surface area is 165 Å². The molecule has 3 aromatic rings. The first-order valence-corrected chi connectivity index (χ1v) is 10.3. The van der Waals surface area contributed by atoms with E-state index in [9.17, 15) is 21.6 Å². The summed E-state index contributed by atoms with van der Waals surface area (Å²) in [5, 5.41) is 7.97. The van der Waals surface area contributed by atoms with Gasteiger partial charge in [-0.25, -0.2) is 21.6 Å². The number of halogens is 3. The average molecular weight is 423 g/mol. The number of benzene rings is 2. The van der Waals surface area contributed by atoms with Crippen LogP contribution in [0.1, 0.15) is 24.7 Å². The Bertz CT molecular complexity index is 1100. The summed E-state index contributed by atoms with van der Waals surface area (Å²) in [6, 6.07) is 8.55. The maximum Gasteiger partial charge on any atom is 0.248 e. The number of nitrogens with zero attached hydrogens (tertiary/aromatic N) is 3. The third kappa shape index (κ3) is 3.77. The van der Waals surface area contributed by atoms with Crippen LogP contribution in [-0.4, -0.2) is 36.0 Å². The Hall–Kier alpha value is -2.72. The SMILES string of the molecule is O=S(=O)(c1c(F)cccc1F)N1CCC(c2nnc(-c3ccc(F)cc3)o2)CC1. The Balaban J connectivity index is 1.48. The van der Waals surface area contributed by atoms with Crippen LogP contribution in [0.15, 0.2) is 51.8 Å². The lowest BCUT2D eigenvalue weighted by Crippen LogP contribution is -2.38. The van der Waals surface area contributed by atoms with Crippen LogP contribution >= 0.6 is 0 Å². The maximum absolute atomic E-state index is 13.9. The van der Waals surface area contributed by atoms with E-state index in [4.69, 9.17) is 4.42 Å². The molecule has 0 bridgehead atoms. The molecule has 0 atom stereocenters. The van der Waals surface area contributed by atoms with E-state index in [1.54, 1.807) is 0 Å². The molecule has 0 amide bonds. The molecule has 0 unspecified atom stereocenters. The number of hydrogen-bond donors (Lipinski definition) is 0. The van der Waals surface area contributed by atoms with Crippen molar-refractivity contribution in [2.24, 2.45) is 0 Å². The van der Waals surface area contributed by atoms with Gasteiger partial charge in [-0.15, -0.1) is 10.2 Å². The van der Waals surface area contributed by atoms with Crippen LogP contribution in [0.5, 0.6) is 0 Å². The Morgan fingerprint density at radius 3 is 2.17 bits per heavy atom. The largest absolute Gasteiger partial charge is 0.420 e. The lowest BCUT2D eigenvalue weighted by atomic mass is 9.98. The topological polar surface area (TPSA) is 76.3 Å². The van der Waals surface area contributed by atoms with E-state index in [0.717, 1.165) is 22.5 Å². The molecule has 1 aromatic heterocycles. The van der Waals surface area contributed by atoms with E-state index in [1.165, 1.54) is 24.3 Å². The molecular formula is C19H16F3N3O3S. The van der Waals surface area contributed by atoms with Crippen LogP contribution in [0, 0.1) is 17.5 Å². The predicted molar refractivity (Wildman–Crippen MR) is 96.8 cm³/mol. The van der Waals surface area contributed by atoms with E-state index in [1.807, 2.05) is 0 Å². The van der Waals surface area contributed by atoms with Crippen LogP contribution in [0.3, 0.4) is 0 Å². The molecule has 0 radical (unpaired) electrons. The van der Waals surface area contributed by atoms with Gasteiger partial charge in [0.25, 0.3) is 0 Å². The minimum absolute atomic E-state index is 0.0645. The van der Waals surface area contributed by atoms with E-state index in [-0.39, 0.29) is 30.7 Å². The summed E-state index contributed by atoms with van der Waals surface area (Å²) >= 11 is 0. The van der Waals surface area contributed by atoms with Crippen molar-refractivity contribution in [1.82, 2.24) is 14.5 Å². The molecule has 2 aromatic carbocycles. The summed E-state index contributed by atoms with van der Waals surface area (Å²) in [6.07, 6.45) is 0.723. The summed E-state index contributed by atoms with van der Waals surface area (Å²) in [6.45, 7) is 0.129. The number of hydrogen-bond acceptors (Lipinski definition) is 5. The summed E-state index contributed by atoms with van der Waals surface area (Å²) in [5.74, 6) is -2.22. The lowest BCUT2D eigenvalue weighted by Gasteiger charge is -2.29. The molecule has 1 aliphatic rings. The van der Waals surface area contributed by atoms with Gasteiger partial charge in [0, 0.05) is 24.6 Å². The molecule has 0 spiro atoms. The minimum Gasteiger partial charge on any atom is -0.420 e. The first kappa shape index (κ1) is 19.6. The van der Waals surface area contributed by atoms with Crippen LogP contribution < -0.4 is 0 Å². The van der Waals surface area contributed by atoms with E-state index in [0.29, 0.717) is 24.3 Å². The van der Waals surface area contributed by atoms with Crippen molar-refractivity contribution >= 4 is 10.0 Å². The normalized spacial score (nSPS) is 16.2. The number of sulfonamides is 1. The van der Waals surface area contributed by atoms with Crippen molar-refractivity contribution in [3.8, 4) is 11.5 Å². The molecule has 152 valence electrons. The Morgan fingerprint density at radius 1 is 0.931 bits per heavy atom. The second kappa shape index (κ2) is 7.60. The second-order valence-electron chi connectivity index (χ2n) is 6.68. The number of aromatic nitrogens is 2. The van der Waals surface area contributed by atoms with Gasteiger partial charge in [0.2, 0.25) is 21.8 Å². The van der Waals surface area contributed by atoms with Gasteiger partial charge in [-0.3, -0.25) is 0 Å². The van der Waals surface area contributed by atoms with Gasteiger partial charge < -0.3 is 4.42 Å². The summed E-state index contributed by atoms with van der Waals surface area (Å²) < 4.78 is 72.9. The molecule has 0 N–H and O–H groups in total. The fourth-order valence-electron chi connectivity index (χ4n) is 3.31. The molecule has 4 rings (SSSR count). The average Bonchev–Trinajstić information content (AvgIpc) is 3.18. The quantitative estimate of drug-likeness (QED) is 0.639. The smallest absolute Gasteiger partial charge is 0.248 e. The summed E-state index contributed by atoms with van der Waals surface area (Å²) in [4.78, 5) is -0.935. The first-order valence-electron chi connectivity index (χ1n) is 8.90. The lowest BCUT2D eigenvalue weighted by molar-refractivity contribution is 0.289. The van der Waals surface area contributed by atoms with Gasteiger partial charge >= 0.3 is 0 Å². The highest BCUT2D eigenvalue weighted by atomic mass is 32.2. The van der Waals surface area contributed by atoms with Crippen LogP contribution in [-0.2, 0) is 10.0 Å². The van der Waals surface area contributed by atoms with Crippen molar-refractivity contribution in [3.05, 3.63) is 65.8 Å². The highest BCUT2D eigenvalue weighted by Crippen LogP contribution is 2.32. The molecule has 29 heavy (non-hydrogen) atoms. The van der Waals surface area contributed by atoms with Gasteiger partial charge in [-0.05, 0) is 49.2 Å². The van der Waals surface area contributed by atoms with Crippen LogP contribution in [0.25, 0.3) is 11.5 Å². The molecule has 1 fully saturated rings. The van der Waals surface area contributed by atoms with Crippen molar-refractivity contribution < 1.29 is 26.0 Å². The highest BCUT2D eigenvalue weighted by Gasteiger charge is 2.35. The van der Waals surface area contributed by atoms with Gasteiger partial charge in [-0.1, -0.05) is 6.07 Å². The molecule has 6 nitrogen and oxygen atoms in total. The van der Waals surface area contributed by atoms with Crippen molar-refractivity contribution in [3.63, 3.8) is 0 Å². The molecule has 1 saturated heterocycles. The molecular weight excluding hydrogens is 407 g/mol. The fraction of sp³-hybridized carbons (Fsp3) is 0.263. The molecule has 10 heteroatoms. The third-order valence-corrected chi connectivity index (χ3v) is 6.80. The number of rotatable bonds is 4. The zero-order valence-corrected chi connectivity index (χ0v) is 15.9. The first-order chi connectivity index (χ1) is 13.9. The van der Waals surface area contributed by atoms with Gasteiger partial charge in [-0.2, -0.15) is 4.31 Å². The highest BCUT2D eigenvalue weighted by molar-refractivity contribution is 7.89. The molecule has 0 aliphatic carbocycles. The van der Waals surface area contributed by atoms with Crippen LogP contribution in [0.4, 0.5) is 13.2 Å². The molecule has 0 saturated carbocycles. The zero-order chi connectivity index (χ0) is 20.6. The number of piperidine rings is 1. The van der Waals surface area contributed by atoms with Crippen molar-refractivity contribution in [1.29, 1.82) is 0 Å². The van der Waals surface area contributed by atoms with Gasteiger partial charge in [0.05, 0.1) is 0 Å². The summed E-state index contributed by atoms with van der Waals surface area (Å²) in [5.41, 5.74) is 0.570. The van der Waals surface area contributed by atoms with Crippen LogP contribution in [0.2, 0.25) is 0 Å². The van der Waals surface area contributed by atoms with E-state index < -0.39 is 26.6 Å². The monoisotopic (exact) mass is 423 g/mol. The second-order valence-corrected chi connectivity index (χ2v) is 8.56. The zero-order valence-electron chi connectivity index (χ0n) is 15.1. The maximum atomic E-state index is 13.9. The Morgan fingerprint density at radius 2 is 1.55 bits per heavy atom. The fourth-order valence-corrected chi connectivity index (χ4v) is 4.89. The van der Waals surface area contributed by atoms with E-state index in [2.05, 4.69) is 10.2 Å². The van der Waals surface area contributed by atoms with Gasteiger partial charge in [0.15, 0.2) is 4.90 Å². The summed E-state index contributed by atoms with van der Waals surface area (Å²) in [7, 11) is -4.29. The third-order valence-electron chi connectivity index (χ3n) is 4.85. The Kier molecular flexibility index (Phi) is 5.13. The van der Waals surface area contributed by atoms with Gasteiger partial charge in [0.1, 0.15) is 17.5 Å². The molecule has 1 aliphatic heterocycles. The van der Waals surface area contributed by atoms with E-state index >= 15 is 0 Å². The van der Waals surface area contributed by atoms with Crippen molar-refractivity contribution in [2.45, 2.75) is 23.7 Å². The standard InChI is InChI=1S/C19H16F3N3O3S/c20-14-6-4-12(5-7-14)18-23-24-19(28-18)13-8-10-25(11-9-13)29(26,27)17-15(21)2-1-3-16(17)22/h1-7,13H,8-11H2. The van der Waals surface area contributed by atoms with Crippen molar-refractivity contribution in [2.75, 3.05) is 13.1 Å². The molecule has 2 heterocycles.